The van der Waals surface area contributed by atoms with Gasteiger partial charge in [0, 0.05) is 38.4 Å². The number of ether oxygens (including phenoxy) is 1. The summed E-state index contributed by atoms with van der Waals surface area (Å²) in [5, 5.41) is 0. The Morgan fingerprint density at radius 3 is 2.46 bits per heavy atom. The molecule has 7 nitrogen and oxygen atoms in total. The molecule has 0 unspecified atom stereocenters. The highest BCUT2D eigenvalue weighted by molar-refractivity contribution is 7.87. The van der Waals surface area contributed by atoms with Crippen LogP contribution in [0, 0.1) is 0 Å². The van der Waals surface area contributed by atoms with Crippen LogP contribution < -0.4 is 4.72 Å². The molecule has 1 aliphatic heterocycles. The quantitative estimate of drug-likeness (QED) is 0.413. The third-order valence-electron chi connectivity index (χ3n) is 6.14. The zero-order valence-corrected chi connectivity index (χ0v) is 20.8. The van der Waals surface area contributed by atoms with E-state index < -0.39 is 10.2 Å². The van der Waals surface area contributed by atoms with Crippen molar-refractivity contribution in [1.29, 1.82) is 0 Å². The second-order valence-corrected chi connectivity index (χ2v) is 10.4. The van der Waals surface area contributed by atoms with E-state index in [4.69, 9.17) is 4.74 Å². The van der Waals surface area contributed by atoms with E-state index in [1.54, 1.807) is 13.1 Å². The minimum atomic E-state index is -3.59. The van der Waals surface area contributed by atoms with Crippen LogP contribution in [0.5, 0.6) is 0 Å². The Labute approximate surface area is 207 Å². The minimum Gasteiger partial charge on any atom is -0.466 e. The van der Waals surface area contributed by atoms with Crippen LogP contribution in [0.1, 0.15) is 46.7 Å². The van der Waals surface area contributed by atoms with E-state index >= 15 is 0 Å². The molecule has 0 atom stereocenters. The number of benzene rings is 2. The van der Waals surface area contributed by atoms with E-state index in [1.807, 2.05) is 48.7 Å². The number of hydrogen-bond acceptors (Lipinski definition) is 5. The van der Waals surface area contributed by atoms with Crippen LogP contribution >= 0.6 is 0 Å². The largest absolute Gasteiger partial charge is 0.466 e. The molecule has 2 heterocycles. The Morgan fingerprint density at radius 2 is 1.77 bits per heavy atom. The first-order chi connectivity index (χ1) is 16.9. The first-order valence-electron chi connectivity index (χ1n) is 11.9. The number of nitrogens with zero attached hydrogens (tertiary/aromatic N) is 2. The van der Waals surface area contributed by atoms with Crippen molar-refractivity contribution in [3.63, 3.8) is 0 Å². The summed E-state index contributed by atoms with van der Waals surface area (Å²) < 4.78 is 35.0. The van der Waals surface area contributed by atoms with E-state index in [-0.39, 0.29) is 18.9 Å². The molecular weight excluding hydrogens is 462 g/mol. The maximum atomic E-state index is 12.9. The summed E-state index contributed by atoms with van der Waals surface area (Å²) in [4.78, 5) is 16.1. The van der Waals surface area contributed by atoms with E-state index in [0.717, 1.165) is 39.8 Å². The molecule has 0 spiro atoms. The molecular formula is C27H31N3O4S. The molecule has 0 saturated heterocycles. The maximum Gasteiger partial charge on any atom is 0.306 e. The topological polar surface area (TPSA) is 88.6 Å². The third kappa shape index (κ3) is 6.75. The summed E-state index contributed by atoms with van der Waals surface area (Å²) in [6.07, 6.45) is 5.70. The number of fused-ring (bicyclic) bond motifs is 1. The Morgan fingerprint density at radius 1 is 1.00 bits per heavy atom. The molecule has 8 heteroatoms. The lowest BCUT2D eigenvalue weighted by molar-refractivity contribution is -0.143. The molecule has 0 bridgehead atoms. The van der Waals surface area contributed by atoms with Crippen molar-refractivity contribution < 1.29 is 17.9 Å². The van der Waals surface area contributed by atoms with Crippen LogP contribution in [0.3, 0.4) is 0 Å². The number of aryl methyl sites for hydroxylation is 1. The standard InChI is InChI=1S/C27H31N3O4S/c1-2-34-27(31)12-11-24-17-21(16-22-6-5-14-28-18-22)9-10-23(24)13-15-29-35(32,33)30-19-25-7-3-4-8-26(25)20-30/h3-10,14,17-18,29H,2,11-13,15-16,19-20H2,1H3. The average molecular weight is 494 g/mol. The SMILES string of the molecule is CCOC(=O)CCc1cc(Cc2cccnc2)ccc1CCNS(=O)(=O)N1Cc2ccccc2C1. The number of nitrogens with one attached hydrogen (secondary N) is 1. The molecule has 0 fully saturated rings. The Bertz CT molecular complexity index is 1240. The fourth-order valence-electron chi connectivity index (χ4n) is 4.35. The highest BCUT2D eigenvalue weighted by atomic mass is 32.2. The van der Waals surface area contributed by atoms with Crippen LogP contribution in [0.25, 0.3) is 0 Å². The van der Waals surface area contributed by atoms with Gasteiger partial charge in [-0.3, -0.25) is 9.78 Å². The minimum absolute atomic E-state index is 0.231. The predicted molar refractivity (Wildman–Crippen MR) is 135 cm³/mol. The molecule has 4 rings (SSSR count). The van der Waals surface area contributed by atoms with Crippen LogP contribution in [0.4, 0.5) is 0 Å². The molecule has 1 N–H and O–H groups in total. The van der Waals surface area contributed by atoms with Gasteiger partial charge in [0.1, 0.15) is 0 Å². The first-order valence-corrected chi connectivity index (χ1v) is 13.4. The fourth-order valence-corrected chi connectivity index (χ4v) is 5.51. The second kappa shape index (κ2) is 11.6. The van der Waals surface area contributed by atoms with E-state index in [9.17, 15) is 13.2 Å². The lowest BCUT2D eigenvalue weighted by atomic mass is 9.95. The lowest BCUT2D eigenvalue weighted by Crippen LogP contribution is -2.38. The maximum absolute atomic E-state index is 12.9. The van der Waals surface area contributed by atoms with Gasteiger partial charge in [-0.15, -0.1) is 0 Å². The lowest BCUT2D eigenvalue weighted by Gasteiger charge is -2.17. The van der Waals surface area contributed by atoms with Gasteiger partial charge in [-0.2, -0.15) is 12.7 Å². The molecule has 1 aliphatic rings. The fraction of sp³-hybridized carbons (Fsp3) is 0.333. The van der Waals surface area contributed by atoms with Crippen LogP contribution in [0.2, 0.25) is 0 Å². The van der Waals surface area contributed by atoms with Crippen molar-refractivity contribution >= 4 is 16.2 Å². The van der Waals surface area contributed by atoms with Crippen LogP contribution in [-0.2, 0) is 52.1 Å². The Balaban J connectivity index is 1.42. The van der Waals surface area contributed by atoms with E-state index in [2.05, 4.69) is 21.8 Å². The molecule has 2 aromatic carbocycles. The molecule has 35 heavy (non-hydrogen) atoms. The zero-order chi connectivity index (χ0) is 24.7. The van der Waals surface area contributed by atoms with Gasteiger partial charge in [-0.1, -0.05) is 48.5 Å². The van der Waals surface area contributed by atoms with Crippen molar-refractivity contribution in [1.82, 2.24) is 14.0 Å². The number of esters is 1. The number of aromatic nitrogens is 1. The number of pyridine rings is 1. The Hall–Kier alpha value is -3.07. The monoisotopic (exact) mass is 493 g/mol. The molecule has 3 aromatic rings. The van der Waals surface area contributed by atoms with Gasteiger partial charge in [0.05, 0.1) is 6.61 Å². The summed E-state index contributed by atoms with van der Waals surface area (Å²) in [6.45, 7) is 3.21. The molecule has 0 radical (unpaired) electrons. The van der Waals surface area contributed by atoms with Gasteiger partial charge in [0.15, 0.2) is 0 Å². The predicted octanol–water partition coefficient (Wildman–Crippen LogP) is 3.56. The summed E-state index contributed by atoms with van der Waals surface area (Å²) >= 11 is 0. The van der Waals surface area contributed by atoms with Gasteiger partial charge in [-0.25, -0.2) is 4.72 Å². The summed E-state index contributed by atoms with van der Waals surface area (Å²) in [7, 11) is -3.59. The van der Waals surface area contributed by atoms with Gasteiger partial charge >= 0.3 is 5.97 Å². The average Bonchev–Trinajstić information content (AvgIpc) is 3.30. The van der Waals surface area contributed by atoms with Gasteiger partial charge in [0.25, 0.3) is 10.2 Å². The second-order valence-electron chi connectivity index (χ2n) is 8.63. The summed E-state index contributed by atoms with van der Waals surface area (Å²) in [6, 6.07) is 17.9. The number of carbonyl (C=O) groups excluding carboxylic acids is 1. The van der Waals surface area contributed by atoms with Crippen molar-refractivity contribution in [2.45, 2.75) is 45.7 Å². The molecule has 0 saturated carbocycles. The van der Waals surface area contributed by atoms with Crippen molar-refractivity contribution in [3.8, 4) is 0 Å². The Kier molecular flexibility index (Phi) is 8.28. The highest BCUT2D eigenvalue weighted by Crippen LogP contribution is 2.24. The van der Waals surface area contributed by atoms with Gasteiger partial charge < -0.3 is 4.74 Å². The summed E-state index contributed by atoms with van der Waals surface area (Å²) in [5.74, 6) is -0.231. The van der Waals surface area contributed by atoms with Crippen molar-refractivity contribution in [2.75, 3.05) is 13.2 Å². The highest BCUT2D eigenvalue weighted by Gasteiger charge is 2.28. The molecule has 0 amide bonds. The number of carbonyl (C=O) groups is 1. The molecule has 184 valence electrons. The van der Waals surface area contributed by atoms with Crippen LogP contribution in [-0.4, -0.2) is 36.8 Å². The van der Waals surface area contributed by atoms with Gasteiger partial charge in [-0.05, 0) is 65.6 Å². The van der Waals surface area contributed by atoms with E-state index in [1.165, 1.54) is 4.31 Å². The normalized spacial score (nSPS) is 13.5. The number of hydrogen-bond donors (Lipinski definition) is 1. The first kappa shape index (κ1) is 25.0. The van der Waals surface area contributed by atoms with Crippen molar-refractivity contribution in [2.24, 2.45) is 0 Å². The molecule has 0 aliphatic carbocycles. The van der Waals surface area contributed by atoms with Crippen LogP contribution in [0.15, 0.2) is 67.0 Å². The van der Waals surface area contributed by atoms with Crippen molar-refractivity contribution in [3.05, 3.63) is 100 Å². The smallest absolute Gasteiger partial charge is 0.306 e. The van der Waals surface area contributed by atoms with Gasteiger partial charge in [0.2, 0.25) is 0 Å². The molecule has 1 aromatic heterocycles. The van der Waals surface area contributed by atoms with E-state index in [0.29, 0.717) is 32.5 Å². The zero-order valence-electron chi connectivity index (χ0n) is 19.9. The summed E-state index contributed by atoms with van der Waals surface area (Å²) in [5.41, 5.74) is 6.38. The number of rotatable bonds is 11. The third-order valence-corrected chi connectivity index (χ3v) is 7.64.